The Labute approximate surface area is 434 Å². The Morgan fingerprint density at radius 3 is 1.24 bits per heavy atom. The van der Waals surface area contributed by atoms with Gasteiger partial charge in [0.15, 0.2) is 0 Å². The molecule has 0 aromatic heterocycles. The quantitative estimate of drug-likeness (QED) is 0.0243. The summed E-state index contributed by atoms with van der Waals surface area (Å²) in [6.45, 7) is 4.80. The lowest BCUT2D eigenvalue weighted by molar-refractivity contribution is -0.870. The molecule has 1 amide bonds. The van der Waals surface area contributed by atoms with E-state index in [1.807, 2.05) is 27.2 Å². The summed E-state index contributed by atoms with van der Waals surface area (Å²) < 4.78 is 23.7. The molecule has 70 heavy (non-hydrogen) atoms. The highest BCUT2D eigenvalue weighted by Gasteiger charge is 2.27. The molecule has 410 valence electrons. The van der Waals surface area contributed by atoms with Crippen LogP contribution in [0.15, 0.2) is 60.8 Å². The molecular weight excluding hydrogens is 888 g/mol. The first-order valence-electron chi connectivity index (χ1n) is 29.7. The van der Waals surface area contributed by atoms with Gasteiger partial charge in [0, 0.05) is 6.42 Å². The molecule has 0 aliphatic rings. The lowest BCUT2D eigenvalue weighted by Crippen LogP contribution is -2.45. The molecule has 3 unspecified atom stereocenters. The fraction of sp³-hybridized carbons (Fsp3) is 0.820. The highest BCUT2D eigenvalue weighted by molar-refractivity contribution is 7.47. The fourth-order valence-electron chi connectivity index (χ4n) is 8.54. The Kier molecular flexibility index (Phi) is 50.7. The number of aliphatic hydroxyl groups is 1. The van der Waals surface area contributed by atoms with Gasteiger partial charge in [-0.2, -0.15) is 0 Å². The number of likely N-dealkylation sites (N-methyl/N-ethyl adjacent to an activating group) is 1. The van der Waals surface area contributed by atoms with Crippen molar-refractivity contribution in [1.29, 1.82) is 0 Å². The van der Waals surface area contributed by atoms with Crippen molar-refractivity contribution >= 4 is 13.7 Å². The molecule has 0 bridgehead atoms. The number of quaternary nitrogens is 1. The van der Waals surface area contributed by atoms with E-state index in [0.29, 0.717) is 17.4 Å². The lowest BCUT2D eigenvalue weighted by Gasteiger charge is -2.25. The first kappa shape index (κ1) is 68.2. The molecule has 0 aromatic rings. The summed E-state index contributed by atoms with van der Waals surface area (Å²) in [5, 5.41) is 13.9. The van der Waals surface area contributed by atoms with Crippen LogP contribution in [0.25, 0.3) is 0 Å². The Bertz CT molecular complexity index is 1320. The molecule has 0 saturated heterocycles. The third-order valence-electron chi connectivity index (χ3n) is 13.2. The number of nitrogens with zero attached hydrogens (tertiary/aromatic N) is 1. The molecule has 0 saturated carbocycles. The Morgan fingerprint density at radius 1 is 0.486 bits per heavy atom. The van der Waals surface area contributed by atoms with Crippen molar-refractivity contribution in [3.05, 3.63) is 60.8 Å². The van der Waals surface area contributed by atoms with Crippen molar-refractivity contribution in [3.8, 4) is 0 Å². The van der Waals surface area contributed by atoms with E-state index in [1.54, 1.807) is 6.08 Å². The Balaban J connectivity index is 4.26. The molecule has 9 heteroatoms. The van der Waals surface area contributed by atoms with Crippen LogP contribution in [0.5, 0.6) is 0 Å². The predicted molar refractivity (Wildman–Crippen MR) is 304 cm³/mol. The predicted octanol–water partition coefficient (Wildman–Crippen LogP) is 18.1. The topological polar surface area (TPSA) is 105 Å². The van der Waals surface area contributed by atoms with Gasteiger partial charge in [0.1, 0.15) is 13.2 Å². The number of phosphoric ester groups is 1. The molecular formula is C61H116N2O6P+. The van der Waals surface area contributed by atoms with Crippen molar-refractivity contribution < 1.29 is 32.9 Å². The van der Waals surface area contributed by atoms with Crippen molar-refractivity contribution in [2.75, 3.05) is 40.9 Å². The Morgan fingerprint density at radius 2 is 0.829 bits per heavy atom. The number of allylic oxidation sites excluding steroid dienone is 9. The van der Waals surface area contributed by atoms with Gasteiger partial charge in [-0.1, -0.05) is 254 Å². The van der Waals surface area contributed by atoms with E-state index in [9.17, 15) is 19.4 Å². The molecule has 0 aliphatic carbocycles. The van der Waals surface area contributed by atoms with Crippen LogP contribution in [0.3, 0.4) is 0 Å². The van der Waals surface area contributed by atoms with Gasteiger partial charge in [0.05, 0.1) is 39.9 Å². The fourth-order valence-corrected chi connectivity index (χ4v) is 9.27. The average Bonchev–Trinajstić information content (AvgIpc) is 3.32. The number of nitrogens with one attached hydrogen (secondary N) is 1. The second-order valence-corrected chi connectivity index (χ2v) is 22.8. The van der Waals surface area contributed by atoms with E-state index in [2.05, 4.69) is 67.8 Å². The average molecular weight is 1000 g/mol. The third-order valence-corrected chi connectivity index (χ3v) is 14.2. The maximum absolute atomic E-state index is 13.0. The van der Waals surface area contributed by atoms with E-state index in [-0.39, 0.29) is 19.1 Å². The number of unbranched alkanes of at least 4 members (excludes halogenated alkanes) is 33. The molecule has 0 fully saturated rings. The summed E-state index contributed by atoms with van der Waals surface area (Å²) in [6, 6.07) is -0.874. The van der Waals surface area contributed by atoms with E-state index in [0.717, 1.165) is 64.2 Å². The van der Waals surface area contributed by atoms with Crippen molar-refractivity contribution in [3.63, 3.8) is 0 Å². The molecule has 0 radical (unpaired) electrons. The zero-order chi connectivity index (χ0) is 51.3. The van der Waals surface area contributed by atoms with Crippen LogP contribution in [-0.2, 0) is 18.4 Å². The van der Waals surface area contributed by atoms with Gasteiger partial charge < -0.3 is 19.8 Å². The van der Waals surface area contributed by atoms with Crippen LogP contribution in [0.4, 0.5) is 0 Å². The minimum Gasteiger partial charge on any atom is -0.387 e. The van der Waals surface area contributed by atoms with Crippen LogP contribution in [0, 0.1) is 0 Å². The van der Waals surface area contributed by atoms with Crippen molar-refractivity contribution in [1.82, 2.24) is 5.32 Å². The maximum Gasteiger partial charge on any atom is 0.472 e. The highest BCUT2D eigenvalue weighted by atomic mass is 31.2. The van der Waals surface area contributed by atoms with Gasteiger partial charge >= 0.3 is 7.82 Å². The number of carbonyl (C=O) groups is 1. The molecule has 0 heterocycles. The first-order valence-corrected chi connectivity index (χ1v) is 31.2. The molecule has 8 nitrogen and oxygen atoms in total. The summed E-state index contributed by atoms with van der Waals surface area (Å²) >= 11 is 0. The summed E-state index contributed by atoms with van der Waals surface area (Å²) in [6.07, 6.45) is 70.5. The van der Waals surface area contributed by atoms with E-state index in [4.69, 9.17) is 9.05 Å². The van der Waals surface area contributed by atoms with Crippen LogP contribution in [0.1, 0.15) is 271 Å². The normalized spacial score (nSPS) is 14.3. The van der Waals surface area contributed by atoms with Gasteiger partial charge in [-0.3, -0.25) is 13.8 Å². The van der Waals surface area contributed by atoms with Crippen LogP contribution in [-0.4, -0.2) is 73.4 Å². The summed E-state index contributed by atoms with van der Waals surface area (Å²) in [5.74, 6) is -0.198. The van der Waals surface area contributed by atoms with E-state index in [1.165, 1.54) is 186 Å². The van der Waals surface area contributed by atoms with Crippen LogP contribution in [0.2, 0.25) is 0 Å². The van der Waals surface area contributed by atoms with Crippen LogP contribution < -0.4 is 5.32 Å². The van der Waals surface area contributed by atoms with Crippen molar-refractivity contribution in [2.24, 2.45) is 0 Å². The van der Waals surface area contributed by atoms with Gasteiger partial charge in [0.25, 0.3) is 0 Å². The number of hydrogen-bond donors (Lipinski definition) is 3. The maximum atomic E-state index is 13.0. The zero-order valence-corrected chi connectivity index (χ0v) is 47.7. The molecule has 0 rings (SSSR count). The smallest absolute Gasteiger partial charge is 0.387 e. The second kappa shape index (κ2) is 52.1. The Hall–Kier alpha value is -1.80. The SMILES string of the molecule is CCCCCCC/C=C\C/C=C\C/C=C\CCCCCCCCC(=O)NC(COP(=O)(O)OCC[N+](C)(C)C)C(O)/C=C/CC/C=C/CCCCCCCCCCCCCCCCCCCCCCC. The molecule has 3 N–H and O–H groups in total. The number of phosphoric acid groups is 1. The number of hydrogen-bond acceptors (Lipinski definition) is 5. The van der Waals surface area contributed by atoms with Gasteiger partial charge in [-0.25, -0.2) is 4.57 Å². The lowest BCUT2D eigenvalue weighted by atomic mass is 10.0. The number of aliphatic hydroxyl groups excluding tert-OH is 1. The monoisotopic (exact) mass is 1000 g/mol. The molecule has 0 spiro atoms. The van der Waals surface area contributed by atoms with Crippen LogP contribution >= 0.6 is 7.82 Å². The molecule has 0 aromatic carbocycles. The standard InChI is InChI=1S/C61H115N2O6P/c1-6-8-10-12-14-16-18-20-22-24-26-28-29-30-31-32-33-35-36-38-40-42-44-46-48-50-52-54-60(64)59(58-69-70(66,67)68-57-56-63(3,4)5)62-61(65)55-53-51-49-47-45-43-41-39-37-34-27-25-23-21-19-17-15-13-11-9-7-2/h19,21,25,27,37,39,44,46,52,54,59-60,64H,6-18,20,22-24,26,28-36,38,40-43,45,47-51,53,55-58H2,1-5H3,(H-,62,65,66,67)/p+1/b21-19-,27-25-,39-37-,46-44+,54-52+. The minimum atomic E-state index is -4.36. The summed E-state index contributed by atoms with van der Waals surface area (Å²) in [7, 11) is 1.54. The van der Waals surface area contributed by atoms with Crippen molar-refractivity contribution in [2.45, 2.75) is 283 Å². The summed E-state index contributed by atoms with van der Waals surface area (Å²) in [4.78, 5) is 23.3. The molecule has 0 aliphatic heterocycles. The zero-order valence-electron chi connectivity index (χ0n) is 46.8. The van der Waals surface area contributed by atoms with Gasteiger partial charge in [-0.15, -0.1) is 0 Å². The number of carbonyl (C=O) groups excluding carboxylic acids is 1. The number of amides is 1. The largest absolute Gasteiger partial charge is 0.472 e. The third kappa shape index (κ3) is 54.0. The van der Waals surface area contributed by atoms with Gasteiger partial charge in [0.2, 0.25) is 5.91 Å². The number of rotatable bonds is 54. The van der Waals surface area contributed by atoms with E-state index < -0.39 is 20.0 Å². The second-order valence-electron chi connectivity index (χ2n) is 21.4. The molecule has 3 atom stereocenters. The highest BCUT2D eigenvalue weighted by Crippen LogP contribution is 2.43. The minimum absolute atomic E-state index is 0.0514. The van der Waals surface area contributed by atoms with E-state index >= 15 is 0 Å². The summed E-state index contributed by atoms with van der Waals surface area (Å²) in [5.41, 5.74) is 0. The first-order chi connectivity index (χ1) is 34.0. The van der Waals surface area contributed by atoms with Gasteiger partial charge in [-0.05, 0) is 70.6 Å².